The van der Waals surface area contributed by atoms with Gasteiger partial charge in [-0.2, -0.15) is 0 Å². The number of aliphatic hydroxyl groups is 1. The van der Waals surface area contributed by atoms with Gasteiger partial charge < -0.3 is 9.84 Å². The highest BCUT2D eigenvalue weighted by atomic mass is 32.1. The number of Topliss-reactive ketones (excluding diaryl/α,β-unsaturated/α-hetero) is 1. The molecule has 1 aromatic heterocycles. The lowest BCUT2D eigenvalue weighted by molar-refractivity contribution is -0.132. The smallest absolute Gasteiger partial charge is 0.301 e. The zero-order valence-corrected chi connectivity index (χ0v) is 19.2. The average molecular weight is 488 g/mol. The number of ether oxygens (including phenoxy) is 1. The fraction of sp³-hybridized carbons (Fsp3) is 0.0769. The summed E-state index contributed by atoms with van der Waals surface area (Å²) in [5, 5.41) is 20.0. The first kappa shape index (κ1) is 22.4. The van der Waals surface area contributed by atoms with Gasteiger partial charge in [0, 0.05) is 5.56 Å². The number of para-hydroxylation sites is 1. The first-order valence-electron chi connectivity index (χ1n) is 10.6. The molecule has 4 aromatic rings. The maximum atomic E-state index is 13.5. The van der Waals surface area contributed by atoms with Crippen LogP contribution in [0.2, 0.25) is 0 Å². The molecule has 35 heavy (non-hydrogen) atoms. The number of ketones is 1. The van der Waals surface area contributed by atoms with E-state index >= 15 is 0 Å². The van der Waals surface area contributed by atoms with Gasteiger partial charge in [-0.3, -0.25) is 14.5 Å². The summed E-state index contributed by atoms with van der Waals surface area (Å²) in [6.07, 6.45) is 0. The van der Waals surface area contributed by atoms with Gasteiger partial charge in [0.1, 0.15) is 28.1 Å². The minimum Gasteiger partial charge on any atom is -0.507 e. The molecule has 1 fully saturated rings. The number of aryl methyl sites for hydroxylation is 1. The molecule has 1 unspecified atom stereocenters. The van der Waals surface area contributed by atoms with Crippen LogP contribution in [-0.2, 0) is 9.59 Å². The Balaban J connectivity index is 1.65. The molecule has 0 aliphatic carbocycles. The second-order valence-corrected chi connectivity index (χ2v) is 8.93. The van der Waals surface area contributed by atoms with Crippen molar-refractivity contribution in [1.82, 2.24) is 10.2 Å². The monoisotopic (exact) mass is 487 g/mol. The number of nitrogens with zero attached hydrogens (tertiary/aromatic N) is 3. The summed E-state index contributed by atoms with van der Waals surface area (Å²) in [6.45, 7) is 1.74. The molecule has 1 N–H and O–H groups in total. The van der Waals surface area contributed by atoms with Gasteiger partial charge in [-0.05, 0) is 61.0 Å². The Morgan fingerprint density at radius 3 is 2.37 bits per heavy atom. The standard InChI is InChI=1S/C26H18FN3O4S/c1-15-28-29-26(35-15)30-22(17-6-5-9-20(14-17)34-19-7-3-2-4-8-19)21(24(32)25(30)33)23(31)16-10-12-18(27)13-11-16/h2-14,22,31H,1H3/b23-21+. The van der Waals surface area contributed by atoms with E-state index in [1.54, 1.807) is 43.3 Å². The summed E-state index contributed by atoms with van der Waals surface area (Å²) in [7, 11) is 0. The van der Waals surface area contributed by atoms with Gasteiger partial charge in [0.25, 0.3) is 5.78 Å². The van der Waals surface area contributed by atoms with Crippen LogP contribution in [0.5, 0.6) is 11.5 Å². The van der Waals surface area contributed by atoms with E-state index < -0.39 is 29.3 Å². The molecule has 0 saturated carbocycles. The minimum atomic E-state index is -0.994. The summed E-state index contributed by atoms with van der Waals surface area (Å²) in [5.74, 6) is -1.53. The molecule has 1 saturated heterocycles. The maximum Gasteiger partial charge on any atom is 0.301 e. The summed E-state index contributed by atoms with van der Waals surface area (Å²) in [5.41, 5.74) is 0.597. The molecule has 1 aliphatic rings. The Kier molecular flexibility index (Phi) is 5.84. The summed E-state index contributed by atoms with van der Waals surface area (Å²) in [4.78, 5) is 27.6. The average Bonchev–Trinajstić information content (AvgIpc) is 3.40. The van der Waals surface area contributed by atoms with Gasteiger partial charge in [-0.1, -0.05) is 41.7 Å². The fourth-order valence-corrected chi connectivity index (χ4v) is 4.58. The number of aliphatic hydroxyl groups excluding tert-OH is 1. The lowest BCUT2D eigenvalue weighted by Gasteiger charge is -2.23. The van der Waals surface area contributed by atoms with Crippen molar-refractivity contribution in [2.45, 2.75) is 13.0 Å². The number of rotatable bonds is 5. The molecule has 5 rings (SSSR count). The second-order valence-electron chi connectivity index (χ2n) is 7.77. The SMILES string of the molecule is Cc1nnc(N2C(=O)C(=O)/C(=C(/O)c3ccc(F)cc3)C2c2cccc(Oc3ccccc3)c2)s1. The van der Waals surface area contributed by atoms with E-state index in [0.717, 1.165) is 11.3 Å². The van der Waals surface area contributed by atoms with Crippen LogP contribution in [0.4, 0.5) is 9.52 Å². The van der Waals surface area contributed by atoms with Crippen molar-refractivity contribution in [1.29, 1.82) is 0 Å². The van der Waals surface area contributed by atoms with E-state index in [2.05, 4.69) is 10.2 Å². The second kappa shape index (κ2) is 9.11. The normalized spacial score (nSPS) is 17.1. The number of halogens is 1. The van der Waals surface area contributed by atoms with Crippen molar-refractivity contribution in [3.63, 3.8) is 0 Å². The van der Waals surface area contributed by atoms with Crippen molar-refractivity contribution in [2.75, 3.05) is 4.90 Å². The Labute approximate surface area is 203 Å². The number of benzene rings is 3. The van der Waals surface area contributed by atoms with Crippen LogP contribution in [0.3, 0.4) is 0 Å². The summed E-state index contributed by atoms with van der Waals surface area (Å²) in [6, 6.07) is 20.1. The molecule has 0 radical (unpaired) electrons. The van der Waals surface area contributed by atoms with Crippen molar-refractivity contribution in [2.24, 2.45) is 0 Å². The molecule has 2 heterocycles. The van der Waals surface area contributed by atoms with Gasteiger partial charge in [0.2, 0.25) is 5.13 Å². The van der Waals surface area contributed by atoms with Crippen LogP contribution in [0, 0.1) is 12.7 Å². The molecule has 1 atom stereocenters. The molecule has 1 aliphatic heterocycles. The van der Waals surface area contributed by atoms with Gasteiger partial charge in [0.15, 0.2) is 0 Å². The van der Waals surface area contributed by atoms with Gasteiger partial charge in [0.05, 0.1) is 11.6 Å². The topological polar surface area (TPSA) is 92.6 Å². The zero-order valence-electron chi connectivity index (χ0n) is 18.4. The van der Waals surface area contributed by atoms with Gasteiger partial charge in [-0.15, -0.1) is 10.2 Å². The Morgan fingerprint density at radius 2 is 1.69 bits per heavy atom. The van der Waals surface area contributed by atoms with E-state index in [1.165, 1.54) is 29.2 Å². The molecule has 7 nitrogen and oxygen atoms in total. The molecule has 9 heteroatoms. The van der Waals surface area contributed by atoms with Crippen molar-refractivity contribution < 1.29 is 23.8 Å². The van der Waals surface area contributed by atoms with Crippen molar-refractivity contribution in [3.05, 3.63) is 106 Å². The van der Waals surface area contributed by atoms with Crippen LogP contribution >= 0.6 is 11.3 Å². The number of anilines is 1. The van der Waals surface area contributed by atoms with Crippen LogP contribution in [0.1, 0.15) is 22.2 Å². The van der Waals surface area contributed by atoms with Crippen LogP contribution < -0.4 is 9.64 Å². The predicted octanol–water partition coefficient (Wildman–Crippen LogP) is 5.40. The quantitative estimate of drug-likeness (QED) is 0.230. The molecular weight excluding hydrogens is 469 g/mol. The Hall–Kier alpha value is -4.37. The Bertz CT molecular complexity index is 1450. The van der Waals surface area contributed by atoms with Crippen molar-refractivity contribution >= 4 is 33.9 Å². The molecule has 0 bridgehead atoms. The predicted molar refractivity (Wildman–Crippen MR) is 129 cm³/mol. The molecule has 174 valence electrons. The number of aromatic nitrogens is 2. The lowest BCUT2D eigenvalue weighted by Crippen LogP contribution is -2.29. The maximum absolute atomic E-state index is 13.5. The van der Waals surface area contributed by atoms with Crippen LogP contribution in [0.25, 0.3) is 5.76 Å². The van der Waals surface area contributed by atoms with E-state index in [1.807, 2.05) is 18.2 Å². The zero-order chi connectivity index (χ0) is 24.5. The van der Waals surface area contributed by atoms with Crippen LogP contribution in [-0.4, -0.2) is 27.0 Å². The molecule has 1 amide bonds. The molecule has 0 spiro atoms. The van der Waals surface area contributed by atoms with E-state index in [9.17, 15) is 19.1 Å². The molecular formula is C26H18FN3O4S. The summed E-state index contributed by atoms with van der Waals surface area (Å²) < 4.78 is 19.4. The number of hydrogen-bond donors (Lipinski definition) is 1. The van der Waals surface area contributed by atoms with E-state index in [0.29, 0.717) is 22.1 Å². The molecule has 3 aromatic carbocycles. The highest BCUT2D eigenvalue weighted by Crippen LogP contribution is 2.43. The van der Waals surface area contributed by atoms with Crippen molar-refractivity contribution in [3.8, 4) is 11.5 Å². The summed E-state index contributed by atoms with van der Waals surface area (Å²) >= 11 is 1.15. The third-order valence-electron chi connectivity index (χ3n) is 5.44. The van der Waals surface area contributed by atoms with E-state index in [-0.39, 0.29) is 16.3 Å². The first-order chi connectivity index (χ1) is 16.9. The van der Waals surface area contributed by atoms with Gasteiger partial charge in [-0.25, -0.2) is 4.39 Å². The third kappa shape index (κ3) is 4.29. The number of hydrogen-bond acceptors (Lipinski definition) is 7. The lowest BCUT2D eigenvalue weighted by atomic mass is 9.95. The number of amides is 1. The fourth-order valence-electron chi connectivity index (χ4n) is 3.86. The number of carbonyl (C=O) groups excluding carboxylic acids is 2. The largest absolute Gasteiger partial charge is 0.507 e. The highest BCUT2D eigenvalue weighted by molar-refractivity contribution is 7.15. The number of carbonyl (C=O) groups is 2. The van der Waals surface area contributed by atoms with Gasteiger partial charge >= 0.3 is 5.91 Å². The first-order valence-corrected chi connectivity index (χ1v) is 11.4. The van der Waals surface area contributed by atoms with E-state index in [4.69, 9.17) is 4.74 Å². The Morgan fingerprint density at radius 1 is 0.971 bits per heavy atom. The third-order valence-corrected chi connectivity index (χ3v) is 6.27. The van der Waals surface area contributed by atoms with Crippen LogP contribution in [0.15, 0.2) is 84.4 Å². The minimum absolute atomic E-state index is 0.133. The highest BCUT2D eigenvalue weighted by Gasteiger charge is 2.48.